The van der Waals surface area contributed by atoms with E-state index in [-0.39, 0.29) is 13.4 Å². The number of ether oxygens (including phenoxy) is 3. The number of fused-ring (bicyclic) bond motifs is 1. The molecule has 0 amide bonds. The number of rotatable bonds is 3. The van der Waals surface area contributed by atoms with Crippen LogP contribution in [0.3, 0.4) is 0 Å². The third kappa shape index (κ3) is 2.66. The summed E-state index contributed by atoms with van der Waals surface area (Å²) in [6.07, 6.45) is 0. The van der Waals surface area contributed by atoms with Crippen molar-refractivity contribution in [2.45, 2.75) is 13.2 Å². The van der Waals surface area contributed by atoms with Crippen molar-refractivity contribution in [2.75, 3.05) is 6.79 Å². The van der Waals surface area contributed by atoms with E-state index in [1.54, 1.807) is 16.8 Å². The highest BCUT2D eigenvalue weighted by Gasteiger charge is 2.18. The highest BCUT2D eigenvalue weighted by Crippen LogP contribution is 2.30. The minimum Gasteiger partial charge on any atom is -0.467 e. The van der Waals surface area contributed by atoms with Crippen LogP contribution in [0.15, 0.2) is 29.0 Å². The number of thiophene rings is 1. The number of carbonyl (C=O) groups excluding carboxylic acids is 1. The van der Waals surface area contributed by atoms with Gasteiger partial charge in [-0.25, -0.2) is 9.18 Å². The predicted molar refractivity (Wildman–Crippen MR) is 70.1 cm³/mol. The first-order valence-corrected chi connectivity index (χ1v) is 6.89. The third-order valence-corrected chi connectivity index (χ3v) is 3.55. The molecule has 1 aromatic carbocycles. The average molecular weight is 294 g/mol. The van der Waals surface area contributed by atoms with Crippen molar-refractivity contribution in [3.63, 3.8) is 0 Å². The minimum atomic E-state index is -0.434. The Morgan fingerprint density at radius 2 is 2.35 bits per heavy atom. The monoisotopic (exact) mass is 294 g/mol. The largest absolute Gasteiger partial charge is 0.467 e. The Hall–Kier alpha value is -1.92. The van der Waals surface area contributed by atoms with E-state index in [2.05, 4.69) is 0 Å². The Labute approximate surface area is 118 Å². The normalized spacial score (nSPS) is 13.4. The Morgan fingerprint density at radius 1 is 1.45 bits per heavy atom. The molecule has 0 bridgehead atoms. The summed E-state index contributed by atoms with van der Waals surface area (Å²) in [4.78, 5) is 11.8. The maximum Gasteiger partial charge on any atom is 0.339 e. The molecule has 0 saturated heterocycles. The highest BCUT2D eigenvalue weighted by atomic mass is 32.1. The SMILES string of the molecule is O=C(OCc1cc(F)cc2c1OCOC2)c1ccsc1. The second kappa shape index (κ2) is 5.60. The van der Waals surface area contributed by atoms with Gasteiger partial charge in [0.2, 0.25) is 0 Å². The van der Waals surface area contributed by atoms with Crippen molar-refractivity contribution >= 4 is 17.3 Å². The van der Waals surface area contributed by atoms with E-state index < -0.39 is 11.8 Å². The van der Waals surface area contributed by atoms with Gasteiger partial charge in [-0.05, 0) is 23.6 Å². The maximum atomic E-state index is 13.5. The molecule has 6 heteroatoms. The molecule has 1 aliphatic rings. The lowest BCUT2D eigenvalue weighted by Gasteiger charge is -2.20. The zero-order valence-corrected chi connectivity index (χ0v) is 11.2. The van der Waals surface area contributed by atoms with Crippen LogP contribution >= 0.6 is 11.3 Å². The fourth-order valence-electron chi connectivity index (χ4n) is 1.97. The second-order valence-corrected chi connectivity index (χ2v) is 5.03. The van der Waals surface area contributed by atoms with Gasteiger partial charge in [-0.15, -0.1) is 0 Å². The zero-order valence-electron chi connectivity index (χ0n) is 10.4. The van der Waals surface area contributed by atoms with Gasteiger partial charge in [0.05, 0.1) is 12.2 Å². The first-order valence-electron chi connectivity index (χ1n) is 5.95. The first kappa shape index (κ1) is 13.1. The van der Waals surface area contributed by atoms with Gasteiger partial charge in [0.1, 0.15) is 18.2 Å². The summed E-state index contributed by atoms with van der Waals surface area (Å²) in [5, 5.41) is 3.49. The van der Waals surface area contributed by atoms with Crippen molar-refractivity contribution in [1.82, 2.24) is 0 Å². The van der Waals surface area contributed by atoms with Gasteiger partial charge in [0.15, 0.2) is 6.79 Å². The summed E-state index contributed by atoms with van der Waals surface area (Å²) in [5.74, 6) is -0.300. The van der Waals surface area contributed by atoms with Gasteiger partial charge in [0, 0.05) is 16.5 Å². The lowest BCUT2D eigenvalue weighted by atomic mass is 10.1. The standard InChI is InChI=1S/C14H11FO4S/c15-12-3-10-5-17-8-19-13(10)11(4-12)6-18-14(16)9-1-2-20-7-9/h1-4,7H,5-6,8H2. The smallest absolute Gasteiger partial charge is 0.339 e. The molecule has 0 atom stereocenters. The van der Waals surface area contributed by atoms with Crippen molar-refractivity contribution in [3.8, 4) is 5.75 Å². The van der Waals surface area contributed by atoms with Crippen LogP contribution in [0.4, 0.5) is 4.39 Å². The van der Waals surface area contributed by atoms with Crippen LogP contribution in [0.1, 0.15) is 21.5 Å². The molecule has 1 aliphatic heterocycles. The molecule has 0 spiro atoms. The quantitative estimate of drug-likeness (QED) is 0.816. The Morgan fingerprint density at radius 3 is 3.15 bits per heavy atom. The third-order valence-electron chi connectivity index (χ3n) is 2.87. The van der Waals surface area contributed by atoms with Crippen LogP contribution in [0, 0.1) is 5.82 Å². The molecule has 0 radical (unpaired) electrons. The summed E-state index contributed by atoms with van der Waals surface area (Å²) in [6.45, 7) is 0.372. The molecule has 0 unspecified atom stereocenters. The van der Waals surface area contributed by atoms with Gasteiger partial charge >= 0.3 is 5.97 Å². The molecule has 4 nitrogen and oxygen atoms in total. The second-order valence-electron chi connectivity index (χ2n) is 4.25. The van der Waals surface area contributed by atoms with Crippen LogP contribution in [0.5, 0.6) is 5.75 Å². The molecule has 2 aromatic rings. The molecule has 0 N–H and O–H groups in total. The summed E-state index contributed by atoms with van der Waals surface area (Å²) in [5.41, 5.74) is 1.62. The number of hydrogen-bond donors (Lipinski definition) is 0. The predicted octanol–water partition coefficient (Wildman–Crippen LogP) is 3.11. The van der Waals surface area contributed by atoms with Crippen LogP contribution in [0.2, 0.25) is 0 Å². The number of hydrogen-bond acceptors (Lipinski definition) is 5. The van der Waals surface area contributed by atoms with Gasteiger partial charge < -0.3 is 14.2 Å². The van der Waals surface area contributed by atoms with Crippen LogP contribution in [-0.4, -0.2) is 12.8 Å². The summed E-state index contributed by atoms with van der Waals surface area (Å²) < 4.78 is 29.1. The van der Waals surface area contributed by atoms with Crippen molar-refractivity contribution in [2.24, 2.45) is 0 Å². The first-order chi connectivity index (χ1) is 9.74. The summed E-state index contributed by atoms with van der Waals surface area (Å²) >= 11 is 1.41. The Balaban J connectivity index is 1.77. The zero-order chi connectivity index (χ0) is 13.9. The van der Waals surface area contributed by atoms with E-state index in [0.717, 1.165) is 0 Å². The number of benzene rings is 1. The molecule has 0 saturated carbocycles. The maximum absolute atomic E-state index is 13.5. The van der Waals surface area contributed by atoms with Gasteiger partial charge in [-0.3, -0.25) is 0 Å². The lowest BCUT2D eigenvalue weighted by molar-refractivity contribution is -0.0182. The molecular weight excluding hydrogens is 283 g/mol. The molecule has 3 rings (SSSR count). The van der Waals surface area contributed by atoms with E-state index >= 15 is 0 Å². The van der Waals surface area contributed by atoms with Gasteiger partial charge in [-0.1, -0.05) is 0 Å². The Bertz CT molecular complexity index is 624. The van der Waals surface area contributed by atoms with E-state index in [9.17, 15) is 9.18 Å². The van der Waals surface area contributed by atoms with Crippen LogP contribution in [-0.2, 0) is 22.7 Å². The topological polar surface area (TPSA) is 44.8 Å². The number of carbonyl (C=O) groups is 1. The van der Waals surface area contributed by atoms with E-state index in [1.807, 2.05) is 0 Å². The lowest BCUT2D eigenvalue weighted by Crippen LogP contribution is -2.14. The van der Waals surface area contributed by atoms with Gasteiger partial charge in [0.25, 0.3) is 0 Å². The minimum absolute atomic E-state index is 0.0330. The van der Waals surface area contributed by atoms with Crippen molar-refractivity contribution < 1.29 is 23.4 Å². The number of esters is 1. The van der Waals surface area contributed by atoms with Crippen molar-refractivity contribution in [1.29, 1.82) is 0 Å². The number of halogens is 1. The van der Waals surface area contributed by atoms with Crippen LogP contribution < -0.4 is 4.74 Å². The fourth-order valence-corrected chi connectivity index (χ4v) is 2.60. The molecule has 1 aromatic heterocycles. The fraction of sp³-hybridized carbons (Fsp3) is 0.214. The average Bonchev–Trinajstić information content (AvgIpc) is 2.98. The Kier molecular flexibility index (Phi) is 3.66. The van der Waals surface area contributed by atoms with E-state index in [1.165, 1.54) is 23.5 Å². The molecule has 20 heavy (non-hydrogen) atoms. The molecular formula is C14H11FO4S. The molecule has 104 valence electrons. The summed E-state index contributed by atoms with van der Waals surface area (Å²) in [7, 11) is 0. The van der Waals surface area contributed by atoms with E-state index in [4.69, 9.17) is 14.2 Å². The molecule has 0 aliphatic carbocycles. The van der Waals surface area contributed by atoms with E-state index in [0.29, 0.717) is 29.0 Å². The van der Waals surface area contributed by atoms with Crippen molar-refractivity contribution in [3.05, 3.63) is 51.5 Å². The summed E-state index contributed by atoms with van der Waals surface area (Å²) in [6, 6.07) is 4.35. The van der Waals surface area contributed by atoms with Crippen LogP contribution in [0.25, 0.3) is 0 Å². The van der Waals surface area contributed by atoms with Gasteiger partial charge in [-0.2, -0.15) is 11.3 Å². The molecule has 2 heterocycles. The molecule has 0 fully saturated rings. The highest BCUT2D eigenvalue weighted by molar-refractivity contribution is 7.08.